The fraction of sp³-hybridized carbons (Fsp3) is 0.765. The summed E-state index contributed by atoms with van der Waals surface area (Å²) in [7, 11) is -4.46. The quantitative estimate of drug-likeness (QED) is 0.225. The van der Waals surface area contributed by atoms with E-state index >= 15 is 0 Å². The van der Waals surface area contributed by atoms with Crippen molar-refractivity contribution in [2.24, 2.45) is 0 Å². The van der Waals surface area contributed by atoms with Crippen LogP contribution in [0.4, 0.5) is 0 Å². The summed E-state index contributed by atoms with van der Waals surface area (Å²) in [6.45, 7) is 5.98. The van der Waals surface area contributed by atoms with Gasteiger partial charge in [0, 0.05) is 12.6 Å². The van der Waals surface area contributed by atoms with Crippen molar-refractivity contribution < 1.29 is 34.0 Å². The van der Waals surface area contributed by atoms with Crippen molar-refractivity contribution in [3.8, 4) is 0 Å². The molecule has 1 aromatic heterocycles. The summed E-state index contributed by atoms with van der Waals surface area (Å²) in [5.41, 5.74) is -2.69. The van der Waals surface area contributed by atoms with Crippen LogP contribution >= 0.6 is 30.2 Å². The molecule has 1 saturated heterocycles. The molecule has 30 heavy (non-hydrogen) atoms. The summed E-state index contributed by atoms with van der Waals surface area (Å²) in [4.78, 5) is 36.1. The third kappa shape index (κ3) is 5.07. The molecule has 1 aliphatic rings. The van der Waals surface area contributed by atoms with Crippen molar-refractivity contribution in [2.45, 2.75) is 82.4 Å². The SMILES string of the molecule is CCC(C)(C[C@H]1O[C@@H](n2cc(I)c(=O)[nH]c2=O)[C@H](O)[C@@H]1O)OP(=O)(O)C(C)(O)CC. The number of nitrogens with zero attached hydrogens (tertiary/aromatic N) is 1. The third-order valence-corrected chi connectivity index (χ3v) is 8.53. The van der Waals surface area contributed by atoms with Crippen LogP contribution in [-0.4, -0.2) is 59.0 Å². The van der Waals surface area contributed by atoms with Crippen LogP contribution in [0.2, 0.25) is 0 Å². The van der Waals surface area contributed by atoms with Crippen LogP contribution in [0.25, 0.3) is 0 Å². The van der Waals surface area contributed by atoms with Crippen LogP contribution in [0, 0.1) is 3.57 Å². The predicted molar refractivity (Wildman–Crippen MR) is 115 cm³/mol. The topological polar surface area (TPSA) is 171 Å². The van der Waals surface area contributed by atoms with Gasteiger partial charge in [0.05, 0.1) is 15.3 Å². The Morgan fingerprint density at radius 3 is 2.40 bits per heavy atom. The van der Waals surface area contributed by atoms with Crippen LogP contribution in [0.1, 0.15) is 53.2 Å². The van der Waals surface area contributed by atoms with Gasteiger partial charge in [0.25, 0.3) is 5.56 Å². The maximum Gasteiger partial charge on any atom is 0.359 e. The molecule has 0 aliphatic carbocycles. The van der Waals surface area contributed by atoms with Gasteiger partial charge >= 0.3 is 13.3 Å². The molecule has 7 atom stereocenters. The highest BCUT2D eigenvalue weighted by Gasteiger charge is 2.50. The van der Waals surface area contributed by atoms with Crippen LogP contribution in [0.5, 0.6) is 0 Å². The van der Waals surface area contributed by atoms with Gasteiger partial charge in [0.15, 0.2) is 11.6 Å². The van der Waals surface area contributed by atoms with Gasteiger partial charge < -0.3 is 29.5 Å². The minimum Gasteiger partial charge on any atom is -0.388 e. The molecule has 1 fully saturated rings. The second-order valence-electron chi connectivity index (χ2n) is 7.88. The maximum absolute atomic E-state index is 12.6. The second-order valence-corrected chi connectivity index (χ2v) is 11.2. The number of hydrogen-bond donors (Lipinski definition) is 5. The molecule has 1 aromatic rings. The average Bonchev–Trinajstić information content (AvgIpc) is 2.92. The molecule has 0 radical (unpaired) electrons. The predicted octanol–water partition coefficient (Wildman–Crippen LogP) is 0.640. The summed E-state index contributed by atoms with van der Waals surface area (Å²) >= 11 is 1.72. The first kappa shape index (κ1) is 25.7. The molecule has 11 nitrogen and oxygen atoms in total. The van der Waals surface area contributed by atoms with E-state index in [1.807, 2.05) is 0 Å². The fourth-order valence-corrected chi connectivity index (χ4v) is 4.88. The van der Waals surface area contributed by atoms with E-state index in [4.69, 9.17) is 9.26 Å². The van der Waals surface area contributed by atoms with Crippen molar-refractivity contribution in [1.29, 1.82) is 0 Å². The van der Waals surface area contributed by atoms with Gasteiger partial charge in [-0.25, -0.2) is 4.79 Å². The molecule has 1 aliphatic heterocycles. The van der Waals surface area contributed by atoms with Crippen molar-refractivity contribution in [1.82, 2.24) is 9.55 Å². The zero-order valence-electron chi connectivity index (χ0n) is 17.1. The molecular weight excluding hydrogens is 534 g/mol. The molecular formula is C17H28IN2O9P. The molecule has 0 spiro atoms. The minimum atomic E-state index is -4.46. The summed E-state index contributed by atoms with van der Waals surface area (Å²) in [6.07, 6.45) is -3.90. The van der Waals surface area contributed by atoms with Crippen molar-refractivity contribution in [3.63, 3.8) is 0 Å². The number of rotatable bonds is 8. The molecule has 0 saturated carbocycles. The van der Waals surface area contributed by atoms with Gasteiger partial charge in [-0.15, -0.1) is 0 Å². The van der Waals surface area contributed by atoms with Crippen LogP contribution in [-0.2, 0) is 13.8 Å². The lowest BCUT2D eigenvalue weighted by molar-refractivity contribution is -0.0715. The number of H-pyrrole nitrogens is 1. The molecule has 0 aromatic carbocycles. The Morgan fingerprint density at radius 2 is 1.87 bits per heavy atom. The van der Waals surface area contributed by atoms with Gasteiger partial charge in [-0.2, -0.15) is 0 Å². The summed E-state index contributed by atoms with van der Waals surface area (Å²) in [5.74, 6) is 0. The molecule has 13 heteroatoms. The number of aromatic amines is 1. The van der Waals surface area contributed by atoms with Crippen LogP contribution < -0.4 is 11.2 Å². The lowest BCUT2D eigenvalue weighted by atomic mass is 9.93. The lowest BCUT2D eigenvalue weighted by Crippen LogP contribution is -2.40. The Kier molecular flexibility index (Phi) is 7.78. The molecule has 172 valence electrons. The lowest BCUT2D eigenvalue weighted by Gasteiger charge is -2.37. The number of hydrogen-bond acceptors (Lipinski definition) is 8. The fourth-order valence-electron chi connectivity index (χ4n) is 3.05. The second kappa shape index (κ2) is 9.10. The first-order chi connectivity index (χ1) is 13.7. The molecule has 3 unspecified atom stereocenters. The van der Waals surface area contributed by atoms with Crippen molar-refractivity contribution in [3.05, 3.63) is 30.6 Å². The summed E-state index contributed by atoms with van der Waals surface area (Å²) in [6, 6.07) is 0. The van der Waals surface area contributed by atoms with E-state index < -0.39 is 54.3 Å². The Morgan fingerprint density at radius 1 is 1.27 bits per heavy atom. The minimum absolute atomic E-state index is 0.0162. The number of halogens is 1. The molecule has 5 N–H and O–H groups in total. The van der Waals surface area contributed by atoms with E-state index in [1.165, 1.54) is 20.0 Å². The molecule has 0 amide bonds. The highest BCUT2D eigenvalue weighted by atomic mass is 127. The molecule has 2 heterocycles. The number of aliphatic hydroxyl groups excluding tert-OH is 2. The summed E-state index contributed by atoms with van der Waals surface area (Å²) in [5, 5.41) is 29.1. The van der Waals surface area contributed by atoms with Gasteiger partial charge in [-0.3, -0.25) is 18.9 Å². The number of ether oxygens (including phenoxy) is 1. The summed E-state index contributed by atoms with van der Waals surface area (Å²) < 4.78 is 24.9. The zero-order valence-corrected chi connectivity index (χ0v) is 20.2. The Hall–Kier alpha value is -0.600. The third-order valence-electron chi connectivity index (χ3n) is 5.54. The van der Waals surface area contributed by atoms with E-state index in [9.17, 15) is 34.4 Å². The van der Waals surface area contributed by atoms with E-state index in [2.05, 4.69) is 4.98 Å². The Bertz CT molecular complexity index is 933. The molecule has 2 rings (SSSR count). The number of aliphatic hydroxyl groups is 3. The van der Waals surface area contributed by atoms with E-state index in [0.29, 0.717) is 0 Å². The molecule has 0 bridgehead atoms. The largest absolute Gasteiger partial charge is 0.388 e. The van der Waals surface area contributed by atoms with E-state index in [0.717, 1.165) is 4.57 Å². The monoisotopic (exact) mass is 562 g/mol. The first-order valence-electron chi connectivity index (χ1n) is 9.46. The smallest absolute Gasteiger partial charge is 0.359 e. The normalized spacial score (nSPS) is 30.4. The first-order valence-corrected chi connectivity index (χ1v) is 12.1. The zero-order chi connectivity index (χ0) is 23.1. The average molecular weight is 562 g/mol. The number of nitrogens with one attached hydrogen (secondary N) is 1. The standard InChI is InChI=1S/C17H28IN2O9P/c1-5-16(3,29-30(26,27)17(4,25)6-2)7-10-11(21)12(22)14(28-10)20-8-9(18)13(23)19-15(20)24/h8,10-12,14,21-22,25H,5-7H2,1-4H3,(H,26,27)(H,19,23,24)/t10-,11-,12-,14-,16?,17?/m1/s1. The van der Waals surface area contributed by atoms with Crippen LogP contribution in [0.3, 0.4) is 0 Å². The highest BCUT2D eigenvalue weighted by molar-refractivity contribution is 14.1. The maximum atomic E-state index is 12.6. The van der Waals surface area contributed by atoms with Crippen molar-refractivity contribution in [2.75, 3.05) is 0 Å². The highest BCUT2D eigenvalue weighted by Crippen LogP contribution is 2.59. The van der Waals surface area contributed by atoms with Gasteiger partial charge in [-0.05, 0) is 49.3 Å². The van der Waals surface area contributed by atoms with Gasteiger partial charge in [0.2, 0.25) is 0 Å². The Labute approximate surface area is 186 Å². The van der Waals surface area contributed by atoms with E-state index in [1.54, 1.807) is 36.4 Å². The van der Waals surface area contributed by atoms with Crippen LogP contribution in [0.15, 0.2) is 15.8 Å². The Balaban J connectivity index is 2.28. The van der Waals surface area contributed by atoms with Gasteiger partial charge in [-0.1, -0.05) is 13.8 Å². The van der Waals surface area contributed by atoms with Gasteiger partial charge in [0.1, 0.15) is 12.2 Å². The number of aromatic nitrogens is 2. The van der Waals surface area contributed by atoms with Crippen molar-refractivity contribution >= 4 is 30.2 Å². The van der Waals surface area contributed by atoms with E-state index in [-0.39, 0.29) is 22.8 Å².